The maximum absolute atomic E-state index is 6.39. The summed E-state index contributed by atoms with van der Waals surface area (Å²) in [6.07, 6.45) is 0. The van der Waals surface area contributed by atoms with E-state index in [1.54, 1.807) is 7.11 Å². The quantitative estimate of drug-likeness (QED) is 0.918. The predicted octanol–water partition coefficient (Wildman–Crippen LogP) is 4.18. The van der Waals surface area contributed by atoms with Gasteiger partial charge in [0.1, 0.15) is 17.3 Å². The lowest BCUT2D eigenvalue weighted by Gasteiger charge is -2.19. The second-order valence-electron chi connectivity index (χ2n) is 4.86. The maximum atomic E-state index is 6.39. The van der Waals surface area contributed by atoms with Crippen LogP contribution in [0.5, 0.6) is 5.75 Å². The van der Waals surface area contributed by atoms with Crippen LogP contribution < -0.4 is 10.1 Å². The average Bonchev–Trinajstić information content (AvgIpc) is 2.67. The number of ether oxygens (including phenoxy) is 1. The van der Waals surface area contributed by atoms with Crippen molar-refractivity contribution in [1.82, 2.24) is 5.32 Å². The van der Waals surface area contributed by atoms with Crippen molar-refractivity contribution < 1.29 is 9.15 Å². The van der Waals surface area contributed by atoms with Gasteiger partial charge in [-0.15, -0.1) is 0 Å². The zero-order valence-corrected chi connectivity index (χ0v) is 13.3. The van der Waals surface area contributed by atoms with E-state index in [-0.39, 0.29) is 6.04 Å². The van der Waals surface area contributed by atoms with Gasteiger partial charge in [0, 0.05) is 10.6 Å². The van der Waals surface area contributed by atoms with Crippen molar-refractivity contribution in [2.75, 3.05) is 14.2 Å². The number of rotatable bonds is 4. The molecule has 0 amide bonds. The van der Waals surface area contributed by atoms with E-state index in [1.165, 1.54) is 0 Å². The van der Waals surface area contributed by atoms with Crippen molar-refractivity contribution in [3.63, 3.8) is 0 Å². The van der Waals surface area contributed by atoms with Gasteiger partial charge in [0.05, 0.1) is 13.2 Å². The van der Waals surface area contributed by atoms with E-state index in [0.717, 1.165) is 34.0 Å². The SMILES string of the molecule is CNC(c1ccc(OC)cc1Cl)c1c(C)oc(C)c1C. The molecule has 0 bridgehead atoms. The first-order valence-corrected chi connectivity index (χ1v) is 6.94. The molecule has 4 heteroatoms. The zero-order chi connectivity index (χ0) is 14.9. The summed E-state index contributed by atoms with van der Waals surface area (Å²) in [5.74, 6) is 2.62. The van der Waals surface area contributed by atoms with Crippen LogP contribution in [0.2, 0.25) is 5.02 Å². The lowest BCUT2D eigenvalue weighted by molar-refractivity contribution is 0.414. The topological polar surface area (TPSA) is 34.4 Å². The molecule has 1 unspecified atom stereocenters. The fraction of sp³-hybridized carbons (Fsp3) is 0.375. The molecule has 0 spiro atoms. The molecule has 0 radical (unpaired) electrons. The van der Waals surface area contributed by atoms with Gasteiger partial charge in [-0.25, -0.2) is 0 Å². The number of nitrogens with one attached hydrogen (secondary N) is 1. The first-order chi connectivity index (χ1) is 9.49. The van der Waals surface area contributed by atoms with Crippen molar-refractivity contribution in [1.29, 1.82) is 0 Å². The Kier molecular flexibility index (Phi) is 4.41. The first-order valence-electron chi connectivity index (χ1n) is 6.56. The summed E-state index contributed by atoms with van der Waals surface area (Å²) in [4.78, 5) is 0. The number of benzene rings is 1. The minimum Gasteiger partial charge on any atom is -0.497 e. The van der Waals surface area contributed by atoms with Crippen LogP contribution in [0, 0.1) is 20.8 Å². The monoisotopic (exact) mass is 293 g/mol. The van der Waals surface area contributed by atoms with Gasteiger partial charge in [-0.05, 0) is 51.1 Å². The third-order valence-electron chi connectivity index (χ3n) is 3.71. The Labute approximate surface area is 124 Å². The molecule has 0 aliphatic rings. The summed E-state index contributed by atoms with van der Waals surface area (Å²) in [7, 11) is 3.56. The third-order valence-corrected chi connectivity index (χ3v) is 4.04. The standard InChI is InChI=1S/C16H20ClNO2/c1-9-10(2)20-11(3)15(9)16(18-4)13-7-6-12(19-5)8-14(13)17/h6-8,16,18H,1-5H3. The normalized spacial score (nSPS) is 12.5. The number of methoxy groups -OCH3 is 1. The molecular formula is C16H20ClNO2. The predicted molar refractivity (Wildman–Crippen MR) is 81.8 cm³/mol. The van der Waals surface area contributed by atoms with E-state index in [1.807, 2.05) is 39.1 Å². The molecule has 3 nitrogen and oxygen atoms in total. The average molecular weight is 294 g/mol. The van der Waals surface area contributed by atoms with E-state index < -0.39 is 0 Å². The second kappa shape index (κ2) is 5.90. The summed E-state index contributed by atoms with van der Waals surface area (Å²) in [5, 5.41) is 4.00. The summed E-state index contributed by atoms with van der Waals surface area (Å²) < 4.78 is 10.9. The van der Waals surface area contributed by atoms with Crippen LogP contribution in [0.3, 0.4) is 0 Å². The maximum Gasteiger partial charge on any atom is 0.120 e. The Balaban J connectivity index is 2.52. The number of hydrogen-bond donors (Lipinski definition) is 1. The van der Waals surface area contributed by atoms with Crippen LogP contribution in [0.4, 0.5) is 0 Å². The molecular weight excluding hydrogens is 274 g/mol. The van der Waals surface area contributed by atoms with Gasteiger partial charge in [-0.1, -0.05) is 17.7 Å². The molecule has 2 rings (SSSR count). The van der Waals surface area contributed by atoms with Crippen molar-refractivity contribution in [3.8, 4) is 5.75 Å². The molecule has 0 fully saturated rings. The second-order valence-corrected chi connectivity index (χ2v) is 5.27. The highest BCUT2D eigenvalue weighted by Gasteiger charge is 2.23. The summed E-state index contributed by atoms with van der Waals surface area (Å²) in [6, 6.07) is 5.75. The smallest absolute Gasteiger partial charge is 0.120 e. The Bertz CT molecular complexity index is 619. The highest BCUT2D eigenvalue weighted by molar-refractivity contribution is 6.31. The van der Waals surface area contributed by atoms with Crippen LogP contribution in [0.25, 0.3) is 0 Å². The highest BCUT2D eigenvalue weighted by atomic mass is 35.5. The van der Waals surface area contributed by atoms with Crippen LogP contribution in [-0.2, 0) is 0 Å². The van der Waals surface area contributed by atoms with Gasteiger partial charge in [-0.2, -0.15) is 0 Å². The van der Waals surface area contributed by atoms with Gasteiger partial charge in [0.2, 0.25) is 0 Å². The van der Waals surface area contributed by atoms with E-state index in [2.05, 4.69) is 12.2 Å². The van der Waals surface area contributed by atoms with Gasteiger partial charge < -0.3 is 14.5 Å². The highest BCUT2D eigenvalue weighted by Crippen LogP contribution is 2.35. The molecule has 1 N–H and O–H groups in total. The number of hydrogen-bond acceptors (Lipinski definition) is 3. The fourth-order valence-corrected chi connectivity index (χ4v) is 2.84. The molecule has 20 heavy (non-hydrogen) atoms. The van der Waals surface area contributed by atoms with Gasteiger partial charge in [-0.3, -0.25) is 0 Å². The molecule has 2 aromatic rings. The Morgan fingerprint density at radius 3 is 2.35 bits per heavy atom. The number of halogens is 1. The molecule has 1 aromatic carbocycles. The largest absolute Gasteiger partial charge is 0.497 e. The summed E-state index contributed by atoms with van der Waals surface area (Å²) in [5.41, 5.74) is 3.33. The molecule has 0 saturated carbocycles. The van der Waals surface area contributed by atoms with Crippen LogP contribution in [0.1, 0.15) is 34.3 Å². The van der Waals surface area contributed by atoms with E-state index in [0.29, 0.717) is 5.02 Å². The minimum absolute atomic E-state index is 0.00542. The fourth-order valence-electron chi connectivity index (χ4n) is 2.56. The first kappa shape index (κ1) is 14.9. The van der Waals surface area contributed by atoms with E-state index >= 15 is 0 Å². The van der Waals surface area contributed by atoms with Crippen molar-refractivity contribution >= 4 is 11.6 Å². The van der Waals surface area contributed by atoms with Crippen LogP contribution in [-0.4, -0.2) is 14.2 Å². The Hall–Kier alpha value is -1.45. The molecule has 1 aromatic heterocycles. The van der Waals surface area contributed by atoms with Gasteiger partial charge in [0.15, 0.2) is 0 Å². The summed E-state index contributed by atoms with van der Waals surface area (Å²) >= 11 is 6.39. The van der Waals surface area contributed by atoms with E-state index in [9.17, 15) is 0 Å². The molecule has 1 atom stereocenters. The van der Waals surface area contributed by atoms with Crippen LogP contribution in [0.15, 0.2) is 22.6 Å². The van der Waals surface area contributed by atoms with Gasteiger partial charge >= 0.3 is 0 Å². The minimum atomic E-state index is 0.00542. The zero-order valence-electron chi connectivity index (χ0n) is 12.5. The Morgan fingerprint density at radius 1 is 1.20 bits per heavy atom. The van der Waals surface area contributed by atoms with Crippen molar-refractivity contribution in [3.05, 3.63) is 51.4 Å². The van der Waals surface area contributed by atoms with Crippen molar-refractivity contribution in [2.45, 2.75) is 26.8 Å². The lowest BCUT2D eigenvalue weighted by Crippen LogP contribution is -2.19. The number of furan rings is 1. The number of aryl methyl sites for hydroxylation is 2. The molecule has 1 heterocycles. The van der Waals surface area contributed by atoms with Crippen molar-refractivity contribution in [2.24, 2.45) is 0 Å². The summed E-state index contributed by atoms with van der Waals surface area (Å²) in [6.45, 7) is 6.04. The molecule has 0 aliphatic heterocycles. The van der Waals surface area contributed by atoms with Gasteiger partial charge in [0.25, 0.3) is 0 Å². The third kappa shape index (κ3) is 2.56. The molecule has 0 aliphatic carbocycles. The molecule has 108 valence electrons. The van der Waals surface area contributed by atoms with Crippen LogP contribution >= 0.6 is 11.6 Å². The molecule has 0 saturated heterocycles. The Morgan fingerprint density at radius 2 is 1.90 bits per heavy atom. The van der Waals surface area contributed by atoms with E-state index in [4.69, 9.17) is 20.8 Å². The lowest BCUT2D eigenvalue weighted by atomic mass is 9.95.